The summed E-state index contributed by atoms with van der Waals surface area (Å²) in [4.78, 5) is 53.6. The van der Waals surface area contributed by atoms with Gasteiger partial charge in [-0.15, -0.1) is 6.58 Å². The molecule has 0 aromatic heterocycles. The number of carbonyl (C=O) groups is 4. The van der Waals surface area contributed by atoms with Crippen LogP contribution in [-0.4, -0.2) is 62.7 Å². The number of hydrogen-bond donors (Lipinski definition) is 1. The molecule has 0 aliphatic rings. The highest BCUT2D eigenvalue weighted by atomic mass is 79.9. The summed E-state index contributed by atoms with van der Waals surface area (Å²) in [6, 6.07) is 33.1. The Morgan fingerprint density at radius 3 is 1.37 bits per heavy atom. The van der Waals surface area contributed by atoms with Gasteiger partial charge in [0.1, 0.15) is 18.7 Å². The SMILES string of the molecule is C=CCBr.C=CCOC(=O)[C@H](C(C)C)N(Cc1ccc(-c2ccccc2C#N)cc1)C(=O)CCCC.CCCCC(=O)N(Cc1ccc(-c2ccccc2C#N)cc1)[C@H](C(=O)O)C(C)C. The van der Waals surface area contributed by atoms with Crippen molar-refractivity contribution in [2.75, 3.05) is 11.9 Å². The van der Waals surface area contributed by atoms with Crippen LogP contribution in [0.25, 0.3) is 22.3 Å². The van der Waals surface area contributed by atoms with Crippen LogP contribution >= 0.6 is 15.9 Å². The monoisotopic (exact) mass is 944 g/mol. The van der Waals surface area contributed by atoms with Crippen LogP contribution in [0.1, 0.15) is 102 Å². The first-order valence-corrected chi connectivity index (χ1v) is 23.3. The number of esters is 1. The summed E-state index contributed by atoms with van der Waals surface area (Å²) >= 11 is 3.13. The fourth-order valence-electron chi connectivity index (χ4n) is 7.03. The fourth-order valence-corrected chi connectivity index (χ4v) is 7.03. The van der Waals surface area contributed by atoms with Crippen LogP contribution in [0, 0.1) is 34.5 Å². The van der Waals surface area contributed by atoms with Crippen LogP contribution in [-0.2, 0) is 37.0 Å². The van der Waals surface area contributed by atoms with E-state index in [1.807, 2.05) is 126 Å². The van der Waals surface area contributed by atoms with Gasteiger partial charge in [0.25, 0.3) is 0 Å². The van der Waals surface area contributed by atoms with Crippen LogP contribution in [0.15, 0.2) is 122 Å². The minimum Gasteiger partial charge on any atom is -0.480 e. The van der Waals surface area contributed by atoms with Gasteiger partial charge in [-0.3, -0.25) is 9.59 Å². The van der Waals surface area contributed by atoms with E-state index in [0.717, 1.165) is 64.4 Å². The third-order valence-electron chi connectivity index (χ3n) is 10.3. The fraction of sp³-hybridized carbons (Fsp3) is 0.370. The Hall–Kier alpha value is -6.30. The third kappa shape index (κ3) is 17.7. The summed E-state index contributed by atoms with van der Waals surface area (Å²) in [7, 11) is 0. The number of nitrogens with zero attached hydrogens (tertiary/aromatic N) is 4. The van der Waals surface area contributed by atoms with Gasteiger partial charge in [-0.25, -0.2) is 9.59 Å². The molecule has 4 aromatic carbocycles. The second-order valence-electron chi connectivity index (χ2n) is 16.0. The van der Waals surface area contributed by atoms with Crippen LogP contribution in [0.3, 0.4) is 0 Å². The van der Waals surface area contributed by atoms with E-state index in [2.05, 4.69) is 41.2 Å². The maximum atomic E-state index is 13.1. The zero-order chi connectivity index (χ0) is 48.3. The maximum Gasteiger partial charge on any atom is 0.329 e. The van der Waals surface area contributed by atoms with Crippen LogP contribution < -0.4 is 0 Å². The lowest BCUT2D eigenvalue weighted by Gasteiger charge is -2.33. The Kier molecular flexibility index (Phi) is 25.3. The van der Waals surface area contributed by atoms with Crippen molar-refractivity contribution in [2.24, 2.45) is 11.8 Å². The molecule has 0 aliphatic carbocycles. The van der Waals surface area contributed by atoms with E-state index < -0.39 is 24.0 Å². The number of amides is 2. The van der Waals surface area contributed by atoms with Gasteiger partial charge < -0.3 is 19.6 Å². The van der Waals surface area contributed by atoms with Crippen molar-refractivity contribution < 1.29 is 29.0 Å². The number of halogens is 1. The summed E-state index contributed by atoms with van der Waals surface area (Å²) < 4.78 is 5.31. The predicted molar refractivity (Wildman–Crippen MR) is 263 cm³/mol. The van der Waals surface area contributed by atoms with Crippen LogP contribution in [0.4, 0.5) is 0 Å². The molecular formula is C54H65BrN4O6. The molecule has 4 rings (SSSR count). The standard InChI is InChI=1S/C27H32N2O3.C24H28N2O3.C3H5Br/c1-5-7-12-25(30)29(26(20(3)4)27(31)32-17-6-2)19-21-13-15-22(16-14-21)24-11-9-8-10-23(24)18-28;1-4-5-10-22(27)26(23(17(2)3)24(28)29)16-18-11-13-19(14-12-18)21-9-7-6-8-20(21)15-25;1-2-3-4/h6,8-11,13-16,20,26H,2,5,7,12,17,19H2,1,3-4H3;6-9,11-14,17,23H,4-5,10,16H2,1-3H3,(H,28,29);2H,1,3H2/t26-;23-;/m00./s1. The molecule has 0 heterocycles. The molecule has 344 valence electrons. The van der Waals surface area contributed by atoms with Crippen LogP contribution in [0.2, 0.25) is 0 Å². The average Bonchev–Trinajstić information content (AvgIpc) is 3.31. The van der Waals surface area contributed by atoms with Gasteiger partial charge in [-0.05, 0) is 70.2 Å². The number of benzene rings is 4. The second kappa shape index (κ2) is 29.9. The van der Waals surface area contributed by atoms with E-state index in [1.165, 1.54) is 11.0 Å². The first kappa shape index (κ1) is 54.8. The number of alkyl halides is 1. The number of unbranched alkanes of at least 4 members (excludes halogenated alkanes) is 2. The second-order valence-corrected chi connectivity index (χ2v) is 16.7. The molecule has 65 heavy (non-hydrogen) atoms. The van der Waals surface area contributed by atoms with E-state index in [1.54, 1.807) is 23.1 Å². The van der Waals surface area contributed by atoms with Gasteiger partial charge in [0.05, 0.1) is 23.3 Å². The number of hydrogen-bond acceptors (Lipinski definition) is 7. The molecule has 0 fully saturated rings. The summed E-state index contributed by atoms with van der Waals surface area (Å²) in [5.74, 6) is -1.87. The Labute approximate surface area is 395 Å². The minimum atomic E-state index is -0.982. The van der Waals surface area contributed by atoms with Crippen molar-refractivity contribution >= 4 is 39.7 Å². The van der Waals surface area contributed by atoms with Gasteiger partial charge in [-0.2, -0.15) is 10.5 Å². The highest BCUT2D eigenvalue weighted by Gasteiger charge is 2.34. The number of nitriles is 2. The summed E-state index contributed by atoms with van der Waals surface area (Å²) in [6.07, 6.45) is 7.35. The summed E-state index contributed by atoms with van der Waals surface area (Å²) in [5.41, 5.74) is 6.54. The Morgan fingerprint density at radius 1 is 0.662 bits per heavy atom. The first-order chi connectivity index (χ1) is 31.2. The molecule has 1 N–H and O–H groups in total. The van der Waals surface area contributed by atoms with E-state index in [9.17, 15) is 34.8 Å². The van der Waals surface area contributed by atoms with Crippen molar-refractivity contribution in [3.8, 4) is 34.4 Å². The van der Waals surface area contributed by atoms with E-state index in [-0.39, 0.29) is 36.8 Å². The molecule has 2 amide bonds. The zero-order valence-corrected chi connectivity index (χ0v) is 40.4. The van der Waals surface area contributed by atoms with Crippen molar-refractivity contribution in [3.05, 3.63) is 145 Å². The molecule has 0 unspecified atom stereocenters. The Morgan fingerprint density at radius 2 is 1.05 bits per heavy atom. The van der Waals surface area contributed by atoms with Crippen molar-refractivity contribution in [2.45, 2.75) is 105 Å². The summed E-state index contributed by atoms with van der Waals surface area (Å²) in [5, 5.41) is 29.3. The number of rotatable bonds is 21. The lowest BCUT2D eigenvalue weighted by molar-refractivity contribution is -0.157. The Balaban J connectivity index is 0.000000414. The highest BCUT2D eigenvalue weighted by molar-refractivity contribution is 9.09. The normalized spacial score (nSPS) is 11.2. The predicted octanol–water partition coefficient (Wildman–Crippen LogP) is 11.9. The molecule has 4 aromatic rings. The maximum absolute atomic E-state index is 13.1. The molecule has 0 aliphatic heterocycles. The molecule has 0 spiro atoms. The van der Waals surface area contributed by atoms with Gasteiger partial charge in [0.15, 0.2) is 0 Å². The quantitative estimate of drug-likeness (QED) is 0.0492. The third-order valence-corrected chi connectivity index (χ3v) is 10.8. The van der Waals surface area contributed by atoms with E-state index in [4.69, 9.17) is 4.74 Å². The largest absolute Gasteiger partial charge is 0.480 e. The number of carbonyl (C=O) groups excluding carboxylic acids is 3. The van der Waals surface area contributed by atoms with Gasteiger partial charge >= 0.3 is 11.9 Å². The van der Waals surface area contributed by atoms with Crippen molar-refractivity contribution in [3.63, 3.8) is 0 Å². The van der Waals surface area contributed by atoms with Gasteiger partial charge in [0, 0.05) is 31.3 Å². The van der Waals surface area contributed by atoms with Crippen LogP contribution in [0.5, 0.6) is 0 Å². The minimum absolute atomic E-state index is 0.0556. The molecule has 2 atom stereocenters. The molecular weight excluding hydrogens is 881 g/mol. The number of carboxylic acids is 1. The molecule has 0 bridgehead atoms. The molecule has 10 nitrogen and oxygen atoms in total. The lowest BCUT2D eigenvalue weighted by Crippen LogP contribution is -2.48. The topological polar surface area (TPSA) is 152 Å². The van der Waals surface area contributed by atoms with Crippen molar-refractivity contribution in [1.29, 1.82) is 10.5 Å². The van der Waals surface area contributed by atoms with Gasteiger partial charge in [-0.1, -0.05) is 174 Å². The number of carboxylic acid groups (broad SMARTS) is 1. The lowest BCUT2D eigenvalue weighted by atomic mass is 9.98. The molecule has 0 saturated heterocycles. The van der Waals surface area contributed by atoms with Gasteiger partial charge in [0.2, 0.25) is 11.8 Å². The highest BCUT2D eigenvalue weighted by Crippen LogP contribution is 2.27. The molecule has 0 saturated carbocycles. The number of ether oxygens (including phenoxy) is 1. The van der Waals surface area contributed by atoms with E-state index in [0.29, 0.717) is 30.5 Å². The smallest absolute Gasteiger partial charge is 0.329 e. The summed E-state index contributed by atoms with van der Waals surface area (Å²) in [6.45, 7) is 19.2. The van der Waals surface area contributed by atoms with Crippen molar-refractivity contribution in [1.82, 2.24) is 9.80 Å². The Bertz CT molecular complexity index is 2220. The number of aliphatic carboxylic acids is 1. The average molecular weight is 946 g/mol. The molecule has 0 radical (unpaired) electrons. The number of allylic oxidation sites excluding steroid dienone is 1. The first-order valence-electron chi connectivity index (χ1n) is 22.2. The molecule has 11 heteroatoms. The van der Waals surface area contributed by atoms with E-state index >= 15 is 0 Å². The zero-order valence-electron chi connectivity index (χ0n) is 38.8.